The monoisotopic (exact) mass is 253 g/mol. The van der Waals surface area contributed by atoms with Gasteiger partial charge >= 0.3 is 5.97 Å². The molecule has 1 aromatic carbocycles. The van der Waals surface area contributed by atoms with Gasteiger partial charge in [-0.1, -0.05) is 37.3 Å². The zero-order valence-electron chi connectivity index (χ0n) is 10.0. The lowest BCUT2D eigenvalue weighted by Gasteiger charge is -2.17. The molecule has 0 spiro atoms. The topological polar surface area (TPSA) is 63.3 Å². The summed E-state index contributed by atoms with van der Waals surface area (Å²) in [6.07, 6.45) is 1.32. The molecule has 0 fully saturated rings. The summed E-state index contributed by atoms with van der Waals surface area (Å²) in [6, 6.07) is 9.42. The maximum absolute atomic E-state index is 10.7. The number of carboxylic acids is 1. The first-order valence-electron chi connectivity index (χ1n) is 5.80. The Morgan fingerprint density at radius 3 is 2.53 bits per heavy atom. The second kappa shape index (κ2) is 7.35. The van der Waals surface area contributed by atoms with E-state index >= 15 is 0 Å². The van der Waals surface area contributed by atoms with E-state index in [1.54, 1.807) is 0 Å². The Kier molecular flexibility index (Phi) is 6.08. The standard InChI is InChI=1S/C13H19NO2S/c1-2-17-12(9-8-11(14)13(15)16)10-6-4-3-5-7-10/h3-7,11-12H,2,8-9,14H2,1H3,(H,15,16). The van der Waals surface area contributed by atoms with Gasteiger partial charge in [-0.15, -0.1) is 0 Å². The number of carboxylic acid groups (broad SMARTS) is 1. The summed E-state index contributed by atoms with van der Waals surface area (Å²) in [6.45, 7) is 2.11. The van der Waals surface area contributed by atoms with Crippen LogP contribution < -0.4 is 5.73 Å². The van der Waals surface area contributed by atoms with Crippen molar-refractivity contribution in [2.75, 3.05) is 5.75 Å². The van der Waals surface area contributed by atoms with Crippen LogP contribution in [-0.4, -0.2) is 22.9 Å². The average molecular weight is 253 g/mol. The third-order valence-corrected chi connectivity index (χ3v) is 3.84. The Hall–Kier alpha value is -1.00. The molecule has 0 amide bonds. The van der Waals surface area contributed by atoms with Crippen molar-refractivity contribution in [3.63, 3.8) is 0 Å². The minimum Gasteiger partial charge on any atom is -0.480 e. The summed E-state index contributed by atoms with van der Waals surface area (Å²) in [5.41, 5.74) is 6.78. The summed E-state index contributed by atoms with van der Waals surface area (Å²) in [4.78, 5) is 10.7. The Balaban J connectivity index is 2.58. The molecule has 17 heavy (non-hydrogen) atoms. The molecule has 0 radical (unpaired) electrons. The van der Waals surface area contributed by atoms with Crippen LogP contribution >= 0.6 is 11.8 Å². The lowest BCUT2D eigenvalue weighted by molar-refractivity contribution is -0.138. The SMILES string of the molecule is CCSC(CCC(N)C(=O)O)c1ccccc1. The van der Waals surface area contributed by atoms with Gasteiger partial charge in [0.25, 0.3) is 0 Å². The summed E-state index contributed by atoms with van der Waals surface area (Å²) in [7, 11) is 0. The van der Waals surface area contributed by atoms with E-state index in [1.807, 2.05) is 30.0 Å². The van der Waals surface area contributed by atoms with Gasteiger partial charge in [-0.05, 0) is 24.2 Å². The smallest absolute Gasteiger partial charge is 0.320 e. The molecular weight excluding hydrogens is 234 g/mol. The van der Waals surface area contributed by atoms with Crippen molar-refractivity contribution in [3.8, 4) is 0 Å². The molecule has 0 bridgehead atoms. The van der Waals surface area contributed by atoms with E-state index in [2.05, 4.69) is 19.1 Å². The molecule has 0 aromatic heterocycles. The van der Waals surface area contributed by atoms with E-state index in [-0.39, 0.29) is 0 Å². The Morgan fingerprint density at radius 1 is 1.35 bits per heavy atom. The molecule has 0 aliphatic heterocycles. The lowest BCUT2D eigenvalue weighted by atomic mass is 10.0. The fourth-order valence-corrected chi connectivity index (χ4v) is 2.72. The first-order chi connectivity index (χ1) is 8.15. The molecule has 2 atom stereocenters. The molecular formula is C13H19NO2S. The number of hydrogen-bond donors (Lipinski definition) is 2. The summed E-state index contributed by atoms with van der Waals surface area (Å²) in [5.74, 6) is 0.0975. The van der Waals surface area contributed by atoms with Crippen LogP contribution in [0.1, 0.15) is 30.6 Å². The largest absolute Gasteiger partial charge is 0.480 e. The quantitative estimate of drug-likeness (QED) is 0.784. The highest BCUT2D eigenvalue weighted by atomic mass is 32.2. The molecule has 2 unspecified atom stereocenters. The number of thioether (sulfide) groups is 1. The second-order valence-corrected chi connectivity index (χ2v) is 5.36. The first-order valence-corrected chi connectivity index (χ1v) is 6.85. The summed E-state index contributed by atoms with van der Waals surface area (Å²) >= 11 is 1.83. The van der Waals surface area contributed by atoms with Crippen LogP contribution in [0.5, 0.6) is 0 Å². The molecule has 3 nitrogen and oxygen atoms in total. The van der Waals surface area contributed by atoms with Gasteiger partial charge in [-0.25, -0.2) is 0 Å². The molecule has 0 saturated heterocycles. The first kappa shape index (κ1) is 14.1. The van der Waals surface area contributed by atoms with Crippen LogP contribution in [0.15, 0.2) is 30.3 Å². The second-order valence-electron chi connectivity index (χ2n) is 3.88. The van der Waals surface area contributed by atoms with Gasteiger partial charge in [-0.3, -0.25) is 4.79 Å². The Morgan fingerprint density at radius 2 is 2.00 bits per heavy atom. The third-order valence-electron chi connectivity index (χ3n) is 2.60. The van der Waals surface area contributed by atoms with Crippen LogP contribution in [0, 0.1) is 0 Å². The molecule has 94 valence electrons. The van der Waals surface area contributed by atoms with Gasteiger partial charge in [0.05, 0.1) is 0 Å². The summed E-state index contributed by atoms with van der Waals surface area (Å²) in [5, 5.41) is 9.10. The van der Waals surface area contributed by atoms with Crippen molar-refractivity contribution in [3.05, 3.63) is 35.9 Å². The minimum absolute atomic E-state index is 0.339. The Bertz CT molecular complexity index is 343. The van der Waals surface area contributed by atoms with Crippen molar-refractivity contribution >= 4 is 17.7 Å². The van der Waals surface area contributed by atoms with E-state index in [1.165, 1.54) is 5.56 Å². The molecule has 1 aromatic rings. The lowest BCUT2D eigenvalue weighted by Crippen LogP contribution is -2.30. The normalized spacial score (nSPS) is 14.2. The van der Waals surface area contributed by atoms with Crippen molar-refractivity contribution in [1.82, 2.24) is 0 Å². The van der Waals surface area contributed by atoms with E-state index in [0.717, 1.165) is 12.2 Å². The number of rotatable bonds is 7. The number of benzene rings is 1. The molecule has 3 N–H and O–H groups in total. The van der Waals surface area contributed by atoms with Gasteiger partial charge in [0.1, 0.15) is 6.04 Å². The molecule has 0 aliphatic carbocycles. The third kappa shape index (κ3) is 4.79. The van der Waals surface area contributed by atoms with Gasteiger partial charge < -0.3 is 10.8 Å². The zero-order chi connectivity index (χ0) is 12.7. The van der Waals surface area contributed by atoms with Crippen molar-refractivity contribution in [2.45, 2.75) is 31.1 Å². The van der Waals surface area contributed by atoms with Crippen LogP contribution in [0.25, 0.3) is 0 Å². The maximum Gasteiger partial charge on any atom is 0.320 e. The predicted molar refractivity (Wildman–Crippen MR) is 72.2 cm³/mol. The number of carbonyl (C=O) groups is 1. The Labute approximate surface area is 106 Å². The molecule has 1 rings (SSSR count). The van der Waals surface area contributed by atoms with Gasteiger partial charge in [-0.2, -0.15) is 11.8 Å². The molecule has 0 aliphatic rings. The molecule has 4 heteroatoms. The van der Waals surface area contributed by atoms with Crippen molar-refractivity contribution < 1.29 is 9.90 Å². The van der Waals surface area contributed by atoms with Crippen LogP contribution in [0.2, 0.25) is 0 Å². The fourth-order valence-electron chi connectivity index (χ4n) is 1.67. The van der Waals surface area contributed by atoms with Crippen molar-refractivity contribution in [2.24, 2.45) is 5.73 Å². The fraction of sp³-hybridized carbons (Fsp3) is 0.462. The number of aliphatic carboxylic acids is 1. The number of nitrogens with two attached hydrogens (primary N) is 1. The van der Waals surface area contributed by atoms with E-state index < -0.39 is 12.0 Å². The predicted octanol–water partition coefficient (Wildman–Crippen LogP) is 2.67. The van der Waals surface area contributed by atoms with Gasteiger partial charge in [0, 0.05) is 5.25 Å². The van der Waals surface area contributed by atoms with E-state index in [4.69, 9.17) is 10.8 Å². The van der Waals surface area contributed by atoms with Gasteiger partial charge in [0.2, 0.25) is 0 Å². The zero-order valence-corrected chi connectivity index (χ0v) is 10.8. The summed E-state index contributed by atoms with van der Waals surface area (Å²) < 4.78 is 0. The van der Waals surface area contributed by atoms with Crippen LogP contribution in [-0.2, 0) is 4.79 Å². The number of hydrogen-bond acceptors (Lipinski definition) is 3. The highest BCUT2D eigenvalue weighted by Gasteiger charge is 2.16. The highest BCUT2D eigenvalue weighted by molar-refractivity contribution is 7.99. The average Bonchev–Trinajstić information content (AvgIpc) is 2.35. The van der Waals surface area contributed by atoms with Gasteiger partial charge in [0.15, 0.2) is 0 Å². The highest BCUT2D eigenvalue weighted by Crippen LogP contribution is 2.33. The van der Waals surface area contributed by atoms with E-state index in [0.29, 0.717) is 11.7 Å². The van der Waals surface area contributed by atoms with E-state index in [9.17, 15) is 4.79 Å². The van der Waals surface area contributed by atoms with Crippen LogP contribution in [0.4, 0.5) is 0 Å². The molecule has 0 saturated carbocycles. The minimum atomic E-state index is -0.918. The molecule has 0 heterocycles. The van der Waals surface area contributed by atoms with Crippen molar-refractivity contribution in [1.29, 1.82) is 0 Å². The van der Waals surface area contributed by atoms with Crippen LogP contribution in [0.3, 0.4) is 0 Å². The maximum atomic E-state index is 10.7.